The van der Waals surface area contributed by atoms with Gasteiger partial charge in [0.15, 0.2) is 0 Å². The number of fused-ring (bicyclic) bond motifs is 1. The standard InChI is InChI=1S/C19H29N5O3/c1-2-27-19(26)23-7-6-15(12-23)20-11-16-10-17-13-22(8-9-24(17)21-16)18(25)14-4-3-5-14/h10,14-15,20H,2-9,11-13H2,1H3/t15-/m0/s1. The van der Waals surface area contributed by atoms with Crippen LogP contribution in [-0.2, 0) is 29.2 Å². The van der Waals surface area contributed by atoms with Crippen LogP contribution in [0.2, 0.25) is 0 Å². The molecule has 2 aliphatic heterocycles. The first-order chi connectivity index (χ1) is 13.1. The summed E-state index contributed by atoms with van der Waals surface area (Å²) in [5.41, 5.74) is 2.11. The summed E-state index contributed by atoms with van der Waals surface area (Å²) < 4.78 is 7.09. The van der Waals surface area contributed by atoms with E-state index in [9.17, 15) is 9.59 Å². The molecule has 2 fully saturated rings. The first-order valence-electron chi connectivity index (χ1n) is 10.1. The zero-order valence-corrected chi connectivity index (χ0v) is 16.0. The van der Waals surface area contributed by atoms with E-state index in [4.69, 9.17) is 4.74 Å². The van der Waals surface area contributed by atoms with Crippen molar-refractivity contribution in [2.75, 3.05) is 26.2 Å². The number of aromatic nitrogens is 2. The number of hydrogen-bond donors (Lipinski definition) is 1. The summed E-state index contributed by atoms with van der Waals surface area (Å²) in [6.45, 7) is 6.52. The molecule has 1 atom stereocenters. The number of hydrogen-bond acceptors (Lipinski definition) is 5. The van der Waals surface area contributed by atoms with Gasteiger partial charge in [-0.05, 0) is 32.3 Å². The first-order valence-corrected chi connectivity index (χ1v) is 10.1. The summed E-state index contributed by atoms with van der Waals surface area (Å²) in [5, 5.41) is 8.18. The van der Waals surface area contributed by atoms with Gasteiger partial charge in [0, 0.05) is 38.1 Å². The van der Waals surface area contributed by atoms with E-state index in [2.05, 4.69) is 16.5 Å². The number of likely N-dealkylation sites (tertiary alicyclic amines) is 1. The molecule has 0 unspecified atom stereocenters. The van der Waals surface area contributed by atoms with Crippen molar-refractivity contribution < 1.29 is 14.3 Å². The Kier molecular flexibility index (Phi) is 5.33. The average molecular weight is 375 g/mol. The smallest absolute Gasteiger partial charge is 0.409 e. The van der Waals surface area contributed by atoms with Gasteiger partial charge in [0.1, 0.15) is 0 Å². The summed E-state index contributed by atoms with van der Waals surface area (Å²) in [6, 6.07) is 2.37. The zero-order chi connectivity index (χ0) is 18.8. The number of nitrogens with zero attached hydrogens (tertiary/aromatic N) is 4. The van der Waals surface area contributed by atoms with E-state index >= 15 is 0 Å². The Labute approximate surface area is 159 Å². The third-order valence-corrected chi connectivity index (χ3v) is 5.90. The topological polar surface area (TPSA) is 79.7 Å². The molecule has 0 radical (unpaired) electrons. The maximum absolute atomic E-state index is 12.5. The molecule has 0 bridgehead atoms. The van der Waals surface area contributed by atoms with Crippen molar-refractivity contribution in [3.63, 3.8) is 0 Å². The van der Waals surface area contributed by atoms with Crippen molar-refractivity contribution >= 4 is 12.0 Å². The van der Waals surface area contributed by atoms with Crippen LogP contribution < -0.4 is 5.32 Å². The van der Waals surface area contributed by atoms with E-state index in [1.165, 1.54) is 6.42 Å². The molecule has 1 aromatic heterocycles. The fraction of sp³-hybridized carbons (Fsp3) is 0.737. The quantitative estimate of drug-likeness (QED) is 0.840. The van der Waals surface area contributed by atoms with E-state index in [-0.39, 0.29) is 18.1 Å². The van der Waals surface area contributed by atoms with Crippen LogP contribution in [0.5, 0.6) is 0 Å². The molecule has 27 heavy (non-hydrogen) atoms. The van der Waals surface area contributed by atoms with Crippen molar-refractivity contribution in [3.8, 4) is 0 Å². The Hall–Kier alpha value is -2.09. The van der Waals surface area contributed by atoms with Crippen molar-refractivity contribution in [2.24, 2.45) is 5.92 Å². The Balaban J connectivity index is 1.27. The van der Waals surface area contributed by atoms with Crippen molar-refractivity contribution in [1.29, 1.82) is 0 Å². The summed E-state index contributed by atoms with van der Waals surface area (Å²) >= 11 is 0. The normalized spacial score (nSPS) is 22.5. The van der Waals surface area contributed by atoms with Crippen molar-refractivity contribution in [2.45, 2.75) is 58.3 Å². The molecular formula is C19H29N5O3. The highest BCUT2D eigenvalue weighted by atomic mass is 16.6. The number of nitrogens with one attached hydrogen (secondary N) is 1. The molecule has 1 aromatic rings. The van der Waals surface area contributed by atoms with Gasteiger partial charge in [0.25, 0.3) is 0 Å². The lowest BCUT2D eigenvalue weighted by atomic mass is 9.84. The molecule has 1 saturated heterocycles. The third-order valence-electron chi connectivity index (χ3n) is 5.90. The van der Waals surface area contributed by atoms with Crippen LogP contribution in [0.25, 0.3) is 0 Å². The predicted molar refractivity (Wildman–Crippen MR) is 98.8 cm³/mol. The second-order valence-electron chi connectivity index (χ2n) is 7.75. The van der Waals surface area contributed by atoms with Crippen LogP contribution in [0.4, 0.5) is 4.79 Å². The van der Waals surface area contributed by atoms with E-state index in [1.807, 2.05) is 16.5 Å². The Morgan fingerprint density at radius 2 is 2.07 bits per heavy atom. The maximum atomic E-state index is 12.5. The highest BCUT2D eigenvalue weighted by molar-refractivity contribution is 5.79. The van der Waals surface area contributed by atoms with E-state index in [1.54, 1.807) is 4.90 Å². The summed E-state index contributed by atoms with van der Waals surface area (Å²) in [6.07, 6.45) is 3.99. The lowest BCUT2D eigenvalue weighted by Crippen LogP contribution is -2.43. The lowest BCUT2D eigenvalue weighted by Gasteiger charge is -2.34. The van der Waals surface area contributed by atoms with Gasteiger partial charge in [-0.15, -0.1) is 0 Å². The fourth-order valence-corrected chi connectivity index (χ4v) is 4.07. The minimum absolute atomic E-state index is 0.226. The molecular weight excluding hydrogens is 346 g/mol. The lowest BCUT2D eigenvalue weighted by molar-refractivity contribution is -0.139. The fourth-order valence-electron chi connectivity index (χ4n) is 4.07. The number of rotatable bonds is 5. The van der Waals surface area contributed by atoms with Crippen LogP contribution >= 0.6 is 0 Å². The van der Waals surface area contributed by atoms with Gasteiger partial charge in [0.05, 0.1) is 31.1 Å². The first kappa shape index (κ1) is 18.3. The molecule has 148 valence electrons. The van der Waals surface area contributed by atoms with Crippen LogP contribution in [0.1, 0.15) is 44.0 Å². The number of ether oxygens (including phenoxy) is 1. The summed E-state index contributed by atoms with van der Waals surface area (Å²) in [5.74, 6) is 0.573. The van der Waals surface area contributed by atoms with E-state index in [0.29, 0.717) is 32.1 Å². The number of carbonyl (C=O) groups is 2. The van der Waals surface area contributed by atoms with Gasteiger partial charge in [-0.1, -0.05) is 6.42 Å². The maximum Gasteiger partial charge on any atom is 0.409 e. The van der Waals surface area contributed by atoms with Crippen LogP contribution in [0.15, 0.2) is 6.07 Å². The number of carbonyl (C=O) groups excluding carboxylic acids is 2. The van der Waals surface area contributed by atoms with Gasteiger partial charge in [-0.25, -0.2) is 4.79 Å². The molecule has 1 saturated carbocycles. The highest BCUT2D eigenvalue weighted by Crippen LogP contribution is 2.29. The van der Waals surface area contributed by atoms with Crippen LogP contribution in [0, 0.1) is 5.92 Å². The molecule has 8 nitrogen and oxygen atoms in total. The Morgan fingerprint density at radius 3 is 2.81 bits per heavy atom. The molecule has 0 spiro atoms. The molecule has 3 aliphatic rings. The van der Waals surface area contributed by atoms with Gasteiger partial charge >= 0.3 is 6.09 Å². The molecule has 0 aromatic carbocycles. The monoisotopic (exact) mass is 375 g/mol. The predicted octanol–water partition coefficient (Wildman–Crippen LogP) is 1.35. The summed E-state index contributed by atoms with van der Waals surface area (Å²) in [4.78, 5) is 28.0. The Bertz CT molecular complexity index is 700. The molecule has 2 amide bonds. The van der Waals surface area contributed by atoms with E-state index in [0.717, 1.165) is 50.3 Å². The van der Waals surface area contributed by atoms with Crippen LogP contribution in [-0.4, -0.2) is 63.9 Å². The largest absolute Gasteiger partial charge is 0.450 e. The SMILES string of the molecule is CCOC(=O)N1CC[C@H](NCc2cc3n(n2)CCN(C(=O)C2CCC2)C3)C1. The average Bonchev–Trinajstić information content (AvgIpc) is 3.24. The molecule has 3 heterocycles. The van der Waals surface area contributed by atoms with Crippen molar-refractivity contribution in [1.82, 2.24) is 24.9 Å². The Morgan fingerprint density at radius 1 is 1.22 bits per heavy atom. The van der Waals surface area contributed by atoms with Crippen molar-refractivity contribution in [3.05, 3.63) is 17.5 Å². The van der Waals surface area contributed by atoms with Gasteiger partial charge in [0.2, 0.25) is 5.91 Å². The van der Waals surface area contributed by atoms with Gasteiger partial charge < -0.3 is 19.9 Å². The van der Waals surface area contributed by atoms with Crippen LogP contribution in [0.3, 0.4) is 0 Å². The number of amides is 2. The zero-order valence-electron chi connectivity index (χ0n) is 16.0. The molecule has 4 rings (SSSR count). The van der Waals surface area contributed by atoms with Gasteiger partial charge in [-0.3, -0.25) is 9.48 Å². The highest BCUT2D eigenvalue weighted by Gasteiger charge is 2.32. The minimum Gasteiger partial charge on any atom is -0.450 e. The second kappa shape index (κ2) is 7.88. The van der Waals surface area contributed by atoms with Gasteiger partial charge in [-0.2, -0.15) is 5.10 Å². The van der Waals surface area contributed by atoms with E-state index < -0.39 is 0 Å². The second-order valence-corrected chi connectivity index (χ2v) is 7.75. The molecule has 1 N–H and O–H groups in total. The molecule has 1 aliphatic carbocycles. The third kappa shape index (κ3) is 3.95. The summed E-state index contributed by atoms with van der Waals surface area (Å²) in [7, 11) is 0. The molecule has 8 heteroatoms. The minimum atomic E-state index is -0.226.